The highest BCUT2D eigenvalue weighted by molar-refractivity contribution is 8.15. The molecule has 7 nitrogen and oxygen atoms in total. The third-order valence-electron chi connectivity index (χ3n) is 4.48. The Balaban J connectivity index is 1.71. The van der Waals surface area contributed by atoms with E-state index in [1.54, 1.807) is 20.1 Å². The van der Waals surface area contributed by atoms with E-state index in [0.717, 1.165) is 22.5 Å². The van der Waals surface area contributed by atoms with Crippen molar-refractivity contribution < 1.29 is 13.2 Å². The van der Waals surface area contributed by atoms with E-state index >= 15 is 0 Å². The van der Waals surface area contributed by atoms with E-state index in [-0.39, 0.29) is 16.0 Å². The predicted molar refractivity (Wildman–Crippen MR) is 122 cm³/mol. The van der Waals surface area contributed by atoms with Crippen molar-refractivity contribution >= 4 is 61.0 Å². The lowest BCUT2D eigenvalue weighted by Crippen LogP contribution is -2.24. The SMILES string of the molecule is COc1ccc2ccccc2c1N/C(N)=N\C1=NS(=O)(=O)c2cc(C)c(Cl)cc2S1. The molecule has 1 heterocycles. The van der Waals surface area contributed by atoms with Crippen LogP contribution in [-0.4, -0.2) is 26.7 Å². The first-order valence-electron chi connectivity index (χ1n) is 8.78. The average Bonchev–Trinajstić information content (AvgIpc) is 2.69. The van der Waals surface area contributed by atoms with Gasteiger partial charge in [-0.1, -0.05) is 41.9 Å². The lowest BCUT2D eigenvalue weighted by atomic mass is 10.1. The number of guanidine groups is 1. The molecular formula is C20H17ClN4O3S2. The van der Waals surface area contributed by atoms with Crippen LogP contribution in [0.25, 0.3) is 10.8 Å². The largest absolute Gasteiger partial charge is 0.495 e. The van der Waals surface area contributed by atoms with Crippen LogP contribution in [0.15, 0.2) is 67.7 Å². The molecule has 1 aliphatic heterocycles. The molecule has 0 saturated carbocycles. The molecule has 3 aromatic rings. The van der Waals surface area contributed by atoms with Crippen LogP contribution in [0, 0.1) is 6.92 Å². The molecule has 154 valence electrons. The molecule has 0 radical (unpaired) electrons. The van der Waals surface area contributed by atoms with E-state index < -0.39 is 10.0 Å². The second-order valence-corrected chi connectivity index (χ2v) is 9.47. The molecule has 10 heteroatoms. The standard InChI is InChI=1S/C20H17ClN4O3S2/c1-11-9-17-16(10-14(11)21)29-20(25-30(17,26)27)24-19(22)23-18-13-6-4-3-5-12(13)7-8-15(18)28-2/h3-10H,1-2H3,(H3,22,23,24,25). The number of nitrogens with zero attached hydrogens (tertiary/aromatic N) is 2. The second kappa shape index (κ2) is 7.82. The Hall–Kier alpha value is -2.75. The Kier molecular flexibility index (Phi) is 5.35. The Morgan fingerprint density at radius 1 is 1.23 bits per heavy atom. The first kappa shape index (κ1) is 20.5. The lowest BCUT2D eigenvalue weighted by molar-refractivity contribution is 0.417. The van der Waals surface area contributed by atoms with Gasteiger partial charge in [0.1, 0.15) is 10.6 Å². The minimum Gasteiger partial charge on any atom is -0.495 e. The van der Waals surface area contributed by atoms with Gasteiger partial charge in [0.05, 0.1) is 12.8 Å². The zero-order chi connectivity index (χ0) is 21.5. The Morgan fingerprint density at radius 2 is 2.00 bits per heavy atom. The third kappa shape index (κ3) is 3.83. The fourth-order valence-corrected chi connectivity index (χ4v) is 5.81. The van der Waals surface area contributed by atoms with E-state index in [9.17, 15) is 8.42 Å². The van der Waals surface area contributed by atoms with Crippen LogP contribution in [0.5, 0.6) is 5.75 Å². The summed E-state index contributed by atoms with van der Waals surface area (Å²) < 4.78 is 34.3. The van der Waals surface area contributed by atoms with Crippen LogP contribution in [0.2, 0.25) is 5.02 Å². The second-order valence-electron chi connectivity index (χ2n) is 6.49. The summed E-state index contributed by atoms with van der Waals surface area (Å²) in [5.74, 6) is 0.554. The fraction of sp³-hybridized carbons (Fsp3) is 0.100. The lowest BCUT2D eigenvalue weighted by Gasteiger charge is -2.16. The van der Waals surface area contributed by atoms with E-state index in [2.05, 4.69) is 14.7 Å². The molecule has 0 unspecified atom stereocenters. The number of benzene rings is 3. The highest BCUT2D eigenvalue weighted by Gasteiger charge is 2.27. The molecular weight excluding hydrogens is 444 g/mol. The molecule has 0 bridgehead atoms. The van der Waals surface area contributed by atoms with E-state index in [0.29, 0.717) is 26.9 Å². The van der Waals surface area contributed by atoms with Crippen LogP contribution < -0.4 is 15.8 Å². The van der Waals surface area contributed by atoms with Gasteiger partial charge >= 0.3 is 0 Å². The number of thioether (sulfide) groups is 1. The molecule has 0 spiro atoms. The molecule has 0 aliphatic carbocycles. The van der Waals surface area contributed by atoms with Gasteiger partial charge in [-0.05, 0) is 47.8 Å². The molecule has 30 heavy (non-hydrogen) atoms. The summed E-state index contributed by atoms with van der Waals surface area (Å²) in [4.78, 5) is 4.74. The molecule has 0 atom stereocenters. The highest BCUT2D eigenvalue weighted by atomic mass is 35.5. The summed E-state index contributed by atoms with van der Waals surface area (Å²) in [6, 6.07) is 14.6. The molecule has 0 aromatic heterocycles. The molecule has 3 aromatic carbocycles. The number of anilines is 1. The number of hydrogen-bond donors (Lipinski definition) is 2. The zero-order valence-corrected chi connectivity index (χ0v) is 18.4. The van der Waals surface area contributed by atoms with Crippen LogP contribution in [0.1, 0.15) is 5.56 Å². The third-order valence-corrected chi connectivity index (χ3v) is 7.36. The van der Waals surface area contributed by atoms with Gasteiger partial charge in [0, 0.05) is 15.3 Å². The number of fused-ring (bicyclic) bond motifs is 2. The fourth-order valence-electron chi connectivity index (χ4n) is 3.04. The predicted octanol–water partition coefficient (Wildman–Crippen LogP) is 4.39. The number of nitrogens with two attached hydrogens (primary N) is 1. The van der Waals surface area contributed by atoms with Gasteiger partial charge in [0.25, 0.3) is 10.0 Å². The summed E-state index contributed by atoms with van der Waals surface area (Å²) in [5, 5.41) is 5.34. The van der Waals surface area contributed by atoms with Gasteiger partial charge in [-0.25, -0.2) is 0 Å². The quantitative estimate of drug-likeness (QED) is 0.434. The van der Waals surface area contributed by atoms with Gasteiger partial charge in [0.2, 0.25) is 5.17 Å². The van der Waals surface area contributed by atoms with E-state index in [4.69, 9.17) is 22.1 Å². The molecule has 0 amide bonds. The van der Waals surface area contributed by atoms with Crippen molar-refractivity contribution in [3.05, 3.63) is 59.1 Å². The van der Waals surface area contributed by atoms with Crippen molar-refractivity contribution in [1.82, 2.24) is 0 Å². The molecule has 0 saturated heterocycles. The number of aliphatic imine (C=N–C) groups is 1. The average molecular weight is 461 g/mol. The van der Waals surface area contributed by atoms with Crippen molar-refractivity contribution in [1.29, 1.82) is 0 Å². The Labute approximate surface area is 183 Å². The molecule has 0 fully saturated rings. The summed E-state index contributed by atoms with van der Waals surface area (Å²) in [5.41, 5.74) is 7.37. The first-order valence-corrected chi connectivity index (χ1v) is 11.4. The number of aryl methyl sites for hydroxylation is 1. The summed E-state index contributed by atoms with van der Waals surface area (Å²) >= 11 is 7.24. The van der Waals surface area contributed by atoms with Gasteiger partial charge in [-0.3, -0.25) is 0 Å². The van der Waals surface area contributed by atoms with Gasteiger partial charge in [-0.2, -0.15) is 13.4 Å². The number of halogens is 1. The monoisotopic (exact) mass is 460 g/mol. The van der Waals surface area contributed by atoms with Crippen molar-refractivity contribution in [2.45, 2.75) is 16.7 Å². The normalized spacial score (nSPS) is 15.4. The maximum absolute atomic E-state index is 12.6. The maximum Gasteiger partial charge on any atom is 0.285 e. The number of sulfonamides is 1. The smallest absolute Gasteiger partial charge is 0.285 e. The van der Waals surface area contributed by atoms with Gasteiger partial charge < -0.3 is 15.8 Å². The van der Waals surface area contributed by atoms with Crippen molar-refractivity contribution in [3.63, 3.8) is 0 Å². The number of nitrogens with one attached hydrogen (secondary N) is 1. The van der Waals surface area contributed by atoms with E-state index in [1.807, 2.05) is 36.4 Å². The Bertz CT molecular complexity index is 1340. The van der Waals surface area contributed by atoms with Crippen LogP contribution in [-0.2, 0) is 10.0 Å². The van der Waals surface area contributed by atoms with E-state index in [1.165, 1.54) is 6.07 Å². The van der Waals surface area contributed by atoms with Gasteiger partial charge in [0.15, 0.2) is 5.96 Å². The summed E-state index contributed by atoms with van der Waals surface area (Å²) in [6.45, 7) is 1.74. The van der Waals surface area contributed by atoms with Crippen LogP contribution in [0.3, 0.4) is 0 Å². The van der Waals surface area contributed by atoms with Crippen molar-refractivity contribution in [2.24, 2.45) is 15.1 Å². The minimum atomic E-state index is -3.90. The summed E-state index contributed by atoms with van der Waals surface area (Å²) in [6.07, 6.45) is 0. The number of rotatable bonds is 2. The highest BCUT2D eigenvalue weighted by Crippen LogP contribution is 2.38. The van der Waals surface area contributed by atoms with Crippen LogP contribution >= 0.6 is 23.4 Å². The van der Waals surface area contributed by atoms with Crippen LogP contribution in [0.4, 0.5) is 5.69 Å². The number of hydrogen-bond acceptors (Lipinski definition) is 5. The zero-order valence-electron chi connectivity index (χ0n) is 16.0. The maximum atomic E-state index is 12.6. The molecule has 4 rings (SSSR count). The summed E-state index contributed by atoms with van der Waals surface area (Å²) in [7, 11) is -2.35. The number of methoxy groups -OCH3 is 1. The minimum absolute atomic E-state index is 0.00776. The Morgan fingerprint density at radius 3 is 2.77 bits per heavy atom. The molecule has 1 aliphatic rings. The van der Waals surface area contributed by atoms with Crippen molar-refractivity contribution in [3.8, 4) is 5.75 Å². The number of ether oxygens (including phenoxy) is 1. The molecule has 3 N–H and O–H groups in total. The van der Waals surface area contributed by atoms with Gasteiger partial charge in [-0.15, -0.1) is 4.40 Å². The number of amidine groups is 1. The topological polar surface area (TPSA) is 106 Å². The van der Waals surface area contributed by atoms with Crippen molar-refractivity contribution in [2.75, 3.05) is 12.4 Å². The first-order chi connectivity index (χ1) is 14.3.